The van der Waals surface area contributed by atoms with E-state index in [0.29, 0.717) is 29.9 Å². The van der Waals surface area contributed by atoms with Crippen LogP contribution in [0.3, 0.4) is 0 Å². The molecule has 1 aliphatic heterocycles. The molecule has 0 bridgehead atoms. The third-order valence-electron chi connectivity index (χ3n) is 6.02. The van der Waals surface area contributed by atoms with Crippen molar-refractivity contribution in [1.82, 2.24) is 0 Å². The topological polar surface area (TPSA) is 18.5 Å². The van der Waals surface area contributed by atoms with E-state index in [1.54, 1.807) is 42.5 Å². The van der Waals surface area contributed by atoms with Crippen LogP contribution in [0.15, 0.2) is 66.7 Å². The molecule has 1 saturated heterocycles. The van der Waals surface area contributed by atoms with Gasteiger partial charge in [-0.1, -0.05) is 60.7 Å². The van der Waals surface area contributed by atoms with Crippen molar-refractivity contribution in [3.63, 3.8) is 0 Å². The first kappa shape index (κ1) is 23.3. The van der Waals surface area contributed by atoms with Gasteiger partial charge in [0.25, 0.3) is 0 Å². The van der Waals surface area contributed by atoms with Gasteiger partial charge in [-0.15, -0.1) is 0 Å². The van der Waals surface area contributed by atoms with Gasteiger partial charge in [-0.3, -0.25) is 0 Å². The van der Waals surface area contributed by atoms with Gasteiger partial charge in [0, 0.05) is 23.5 Å². The average Bonchev–Trinajstić information content (AvgIpc) is 2.83. The normalized spacial score (nSPS) is 18.7. The molecule has 0 radical (unpaired) electrons. The molecule has 4 rings (SSSR count). The zero-order chi connectivity index (χ0) is 23.4. The first-order valence-corrected chi connectivity index (χ1v) is 11.2. The Hall–Kier alpha value is -2.89. The molecule has 1 heterocycles. The summed E-state index contributed by atoms with van der Waals surface area (Å²) in [6, 6.07) is 15.0. The van der Waals surface area contributed by atoms with E-state index in [9.17, 15) is 13.2 Å². The minimum absolute atomic E-state index is 0.0201. The first-order valence-electron chi connectivity index (χ1n) is 11.2. The fraction of sp³-hybridized carbons (Fsp3) is 0.286. The van der Waals surface area contributed by atoms with Crippen LogP contribution >= 0.6 is 0 Å². The van der Waals surface area contributed by atoms with Crippen LogP contribution in [-0.2, 0) is 9.47 Å². The molecular formula is C28H27F3O2. The molecule has 0 spiro atoms. The summed E-state index contributed by atoms with van der Waals surface area (Å²) in [4.78, 5) is 0. The number of halogens is 3. The largest absolute Gasteiger partial charge is 0.352 e. The van der Waals surface area contributed by atoms with E-state index in [-0.39, 0.29) is 29.2 Å². The quantitative estimate of drug-likeness (QED) is 0.359. The third kappa shape index (κ3) is 5.21. The van der Waals surface area contributed by atoms with Gasteiger partial charge in [-0.05, 0) is 48.6 Å². The summed E-state index contributed by atoms with van der Waals surface area (Å²) in [6.45, 7) is 4.49. The van der Waals surface area contributed by atoms with Crippen molar-refractivity contribution < 1.29 is 22.6 Å². The van der Waals surface area contributed by atoms with E-state index in [1.165, 1.54) is 13.0 Å². The molecule has 0 saturated carbocycles. The number of allylic oxidation sites excluding steroid dienone is 2. The third-order valence-corrected chi connectivity index (χ3v) is 6.02. The molecule has 172 valence electrons. The molecule has 3 aromatic rings. The highest BCUT2D eigenvalue weighted by molar-refractivity contribution is 5.71. The Balaban J connectivity index is 1.46. The molecule has 0 unspecified atom stereocenters. The van der Waals surface area contributed by atoms with E-state index in [0.717, 1.165) is 18.4 Å². The van der Waals surface area contributed by atoms with Crippen LogP contribution in [0.25, 0.3) is 22.3 Å². The van der Waals surface area contributed by atoms with E-state index >= 15 is 0 Å². The van der Waals surface area contributed by atoms with Crippen LogP contribution in [0.1, 0.15) is 36.8 Å². The monoisotopic (exact) mass is 452 g/mol. The molecular weight excluding hydrogens is 425 g/mol. The van der Waals surface area contributed by atoms with E-state index in [2.05, 4.69) is 6.08 Å². The maximum absolute atomic E-state index is 15.0. The Kier molecular flexibility index (Phi) is 7.31. The van der Waals surface area contributed by atoms with E-state index < -0.39 is 11.6 Å². The van der Waals surface area contributed by atoms with Gasteiger partial charge in [-0.25, -0.2) is 13.2 Å². The molecule has 0 aliphatic carbocycles. The summed E-state index contributed by atoms with van der Waals surface area (Å²) in [5, 5.41) is 0. The lowest BCUT2D eigenvalue weighted by Crippen LogP contribution is -2.30. The van der Waals surface area contributed by atoms with Crippen molar-refractivity contribution in [1.29, 1.82) is 0 Å². The van der Waals surface area contributed by atoms with Crippen molar-refractivity contribution in [3.05, 3.63) is 95.3 Å². The fourth-order valence-electron chi connectivity index (χ4n) is 4.02. The minimum Gasteiger partial charge on any atom is -0.352 e. The van der Waals surface area contributed by atoms with Crippen molar-refractivity contribution in [2.45, 2.75) is 38.9 Å². The second kappa shape index (κ2) is 10.4. The lowest BCUT2D eigenvalue weighted by molar-refractivity contribution is -0.189. The summed E-state index contributed by atoms with van der Waals surface area (Å²) in [5.41, 5.74) is 2.91. The molecule has 3 aromatic carbocycles. The second-order valence-corrected chi connectivity index (χ2v) is 8.31. The number of rotatable bonds is 6. The standard InChI is InChI=1S/C28H27F3O2/c1-3-4-5-6-26-32-16-22(17-33-26)21-12-14-23(25(29)15-21)19-8-10-20(11-9-19)24-13-7-18(2)27(30)28(24)31/h3-4,7-15,22,26H,5-6,16-17H2,1-2H3. The van der Waals surface area contributed by atoms with Crippen LogP contribution in [0.5, 0.6) is 0 Å². The highest BCUT2D eigenvalue weighted by Gasteiger charge is 2.24. The Morgan fingerprint density at radius 1 is 0.848 bits per heavy atom. The van der Waals surface area contributed by atoms with Gasteiger partial charge >= 0.3 is 0 Å². The highest BCUT2D eigenvalue weighted by atomic mass is 19.2. The molecule has 33 heavy (non-hydrogen) atoms. The molecule has 1 fully saturated rings. The van der Waals surface area contributed by atoms with Crippen LogP contribution in [0, 0.1) is 24.4 Å². The van der Waals surface area contributed by atoms with Crippen molar-refractivity contribution in [3.8, 4) is 22.3 Å². The maximum atomic E-state index is 15.0. The van der Waals surface area contributed by atoms with Crippen LogP contribution < -0.4 is 0 Å². The van der Waals surface area contributed by atoms with Crippen LogP contribution in [0.2, 0.25) is 0 Å². The molecule has 0 atom stereocenters. The molecule has 0 aromatic heterocycles. The molecule has 2 nitrogen and oxygen atoms in total. The zero-order valence-corrected chi connectivity index (χ0v) is 18.8. The first-order chi connectivity index (χ1) is 16.0. The highest BCUT2D eigenvalue weighted by Crippen LogP contribution is 2.32. The Morgan fingerprint density at radius 2 is 1.48 bits per heavy atom. The van der Waals surface area contributed by atoms with E-state index in [4.69, 9.17) is 9.47 Å². The van der Waals surface area contributed by atoms with E-state index in [1.807, 2.05) is 19.1 Å². The molecule has 1 aliphatic rings. The molecule has 0 amide bonds. The predicted molar refractivity (Wildman–Crippen MR) is 124 cm³/mol. The van der Waals surface area contributed by atoms with Crippen molar-refractivity contribution in [2.24, 2.45) is 0 Å². The number of hydrogen-bond donors (Lipinski definition) is 0. The van der Waals surface area contributed by atoms with Gasteiger partial charge in [0.2, 0.25) is 0 Å². The predicted octanol–water partition coefficient (Wildman–Crippen LogP) is 7.56. The van der Waals surface area contributed by atoms with Gasteiger partial charge < -0.3 is 9.47 Å². The average molecular weight is 453 g/mol. The number of ether oxygens (including phenoxy) is 2. The van der Waals surface area contributed by atoms with Crippen LogP contribution in [-0.4, -0.2) is 19.5 Å². The lowest BCUT2D eigenvalue weighted by Gasteiger charge is -2.29. The Bertz CT molecular complexity index is 1130. The van der Waals surface area contributed by atoms with Gasteiger partial charge in [-0.2, -0.15) is 0 Å². The summed E-state index contributed by atoms with van der Waals surface area (Å²) in [7, 11) is 0. The SMILES string of the molecule is CC=CCCC1OCC(c2ccc(-c3ccc(-c4ccc(C)c(F)c4F)cc3)c(F)c2)CO1. The molecule has 5 heteroatoms. The number of benzene rings is 3. The summed E-state index contributed by atoms with van der Waals surface area (Å²) < 4.78 is 54.8. The van der Waals surface area contributed by atoms with Crippen molar-refractivity contribution in [2.75, 3.05) is 13.2 Å². The van der Waals surface area contributed by atoms with Gasteiger partial charge in [0.05, 0.1) is 13.2 Å². The fourth-order valence-corrected chi connectivity index (χ4v) is 4.02. The van der Waals surface area contributed by atoms with Gasteiger partial charge in [0.1, 0.15) is 5.82 Å². The van der Waals surface area contributed by atoms with Crippen LogP contribution in [0.4, 0.5) is 13.2 Å². The van der Waals surface area contributed by atoms with Crippen molar-refractivity contribution >= 4 is 0 Å². The maximum Gasteiger partial charge on any atom is 0.166 e. The molecule has 0 N–H and O–H groups in total. The minimum atomic E-state index is -0.876. The smallest absolute Gasteiger partial charge is 0.166 e. The second-order valence-electron chi connectivity index (χ2n) is 8.31. The summed E-state index contributed by atoms with van der Waals surface area (Å²) >= 11 is 0. The number of aryl methyl sites for hydroxylation is 1. The zero-order valence-electron chi connectivity index (χ0n) is 18.8. The van der Waals surface area contributed by atoms with Gasteiger partial charge in [0.15, 0.2) is 17.9 Å². The number of hydrogen-bond acceptors (Lipinski definition) is 2. The summed E-state index contributed by atoms with van der Waals surface area (Å²) in [5.74, 6) is -2.09. The lowest BCUT2D eigenvalue weighted by atomic mass is 9.95. The Morgan fingerprint density at radius 3 is 2.12 bits per heavy atom. The Labute approximate surface area is 192 Å². The summed E-state index contributed by atoms with van der Waals surface area (Å²) in [6.07, 6.45) is 5.57.